The lowest BCUT2D eigenvalue weighted by atomic mass is 10.3. The van der Waals surface area contributed by atoms with E-state index in [9.17, 15) is 0 Å². The minimum Gasteiger partial charge on any atom is -0.390 e. The first-order chi connectivity index (χ1) is 4.74. The Morgan fingerprint density at radius 1 is 1.40 bits per heavy atom. The monoisotopic (exact) mass is 146 g/mol. The third kappa shape index (κ3) is 3.82. The average molecular weight is 146 g/mol. The van der Waals surface area contributed by atoms with E-state index in [-0.39, 0.29) is 6.10 Å². The molecule has 1 unspecified atom stereocenters. The van der Waals surface area contributed by atoms with Gasteiger partial charge in [0.25, 0.3) is 0 Å². The van der Waals surface area contributed by atoms with E-state index in [1.165, 1.54) is 0 Å². The molecule has 0 bridgehead atoms. The van der Waals surface area contributed by atoms with Crippen LogP contribution in [0.25, 0.3) is 0 Å². The Kier molecular flexibility index (Phi) is 5.58. The second-order valence-corrected chi connectivity index (χ2v) is 2.38. The highest BCUT2D eigenvalue weighted by Gasteiger charge is 2.05. The highest BCUT2D eigenvalue weighted by molar-refractivity contribution is 4.61. The van der Waals surface area contributed by atoms with Gasteiger partial charge in [-0.15, -0.1) is 0 Å². The van der Waals surface area contributed by atoms with Crippen LogP contribution in [0.2, 0.25) is 0 Å². The van der Waals surface area contributed by atoms with Crippen molar-refractivity contribution in [1.29, 1.82) is 0 Å². The molecule has 62 valence electrons. The zero-order chi connectivity index (χ0) is 7.98. The van der Waals surface area contributed by atoms with Crippen LogP contribution in [0.5, 0.6) is 0 Å². The number of nitrogens with two attached hydrogens (primary N) is 1. The van der Waals surface area contributed by atoms with E-state index in [2.05, 4.69) is 18.7 Å². The van der Waals surface area contributed by atoms with Crippen LogP contribution in [0, 0.1) is 0 Å². The van der Waals surface area contributed by atoms with E-state index in [1.54, 1.807) is 0 Å². The third-order valence-corrected chi connectivity index (χ3v) is 1.64. The van der Waals surface area contributed by atoms with Crippen LogP contribution in [0.3, 0.4) is 0 Å². The lowest BCUT2D eigenvalue weighted by Gasteiger charge is -2.20. The van der Waals surface area contributed by atoms with Gasteiger partial charge in [0.1, 0.15) is 0 Å². The maximum absolute atomic E-state index is 9.12. The van der Waals surface area contributed by atoms with Gasteiger partial charge in [-0.25, -0.2) is 0 Å². The van der Waals surface area contributed by atoms with Crippen molar-refractivity contribution in [3.05, 3.63) is 0 Å². The maximum Gasteiger partial charge on any atom is 0.0789 e. The lowest BCUT2D eigenvalue weighted by Crippen LogP contribution is -2.36. The van der Waals surface area contributed by atoms with E-state index < -0.39 is 0 Å². The van der Waals surface area contributed by atoms with Crippen LogP contribution in [0.4, 0.5) is 0 Å². The van der Waals surface area contributed by atoms with Gasteiger partial charge in [0.05, 0.1) is 6.10 Å². The Balaban J connectivity index is 3.41. The minimum atomic E-state index is -0.361. The summed E-state index contributed by atoms with van der Waals surface area (Å²) in [5.41, 5.74) is 5.25. The van der Waals surface area contributed by atoms with Crippen LogP contribution >= 0.6 is 0 Å². The smallest absolute Gasteiger partial charge is 0.0789 e. The molecule has 0 amide bonds. The fraction of sp³-hybridized carbons (Fsp3) is 1.00. The number of hydrogen-bond acceptors (Lipinski definition) is 3. The molecule has 10 heavy (non-hydrogen) atoms. The summed E-state index contributed by atoms with van der Waals surface area (Å²) >= 11 is 0. The van der Waals surface area contributed by atoms with Gasteiger partial charge in [0.15, 0.2) is 0 Å². The van der Waals surface area contributed by atoms with Crippen LogP contribution in [-0.4, -0.2) is 42.3 Å². The second-order valence-electron chi connectivity index (χ2n) is 2.38. The summed E-state index contributed by atoms with van der Waals surface area (Å²) < 4.78 is 0. The Labute approximate surface area is 62.8 Å². The van der Waals surface area contributed by atoms with Crippen molar-refractivity contribution in [1.82, 2.24) is 4.90 Å². The van der Waals surface area contributed by atoms with Crippen LogP contribution in [-0.2, 0) is 0 Å². The van der Waals surface area contributed by atoms with Gasteiger partial charge >= 0.3 is 0 Å². The Morgan fingerprint density at radius 2 is 1.90 bits per heavy atom. The highest BCUT2D eigenvalue weighted by Crippen LogP contribution is 1.89. The molecule has 0 heterocycles. The zero-order valence-electron chi connectivity index (χ0n) is 6.88. The Bertz CT molecular complexity index is 74.0. The first-order valence-electron chi connectivity index (χ1n) is 3.85. The van der Waals surface area contributed by atoms with Crippen molar-refractivity contribution in [3.8, 4) is 0 Å². The molecular formula is C7H18N2O. The predicted molar refractivity (Wildman–Crippen MR) is 42.8 cm³/mol. The minimum absolute atomic E-state index is 0.358. The van der Waals surface area contributed by atoms with Crippen molar-refractivity contribution < 1.29 is 5.11 Å². The number of likely N-dealkylation sites (N-methyl/N-ethyl adjacent to an activating group) is 1. The van der Waals surface area contributed by atoms with Gasteiger partial charge < -0.3 is 15.7 Å². The molecule has 0 rings (SSSR count). The van der Waals surface area contributed by atoms with E-state index >= 15 is 0 Å². The van der Waals surface area contributed by atoms with Gasteiger partial charge in [0, 0.05) is 13.1 Å². The predicted octanol–water partition coefficient (Wildman–Crippen LogP) is -0.352. The van der Waals surface area contributed by atoms with E-state index in [0.717, 1.165) is 13.1 Å². The molecule has 0 aromatic heterocycles. The average Bonchev–Trinajstić information content (AvgIpc) is 1.99. The van der Waals surface area contributed by atoms with Gasteiger partial charge in [-0.1, -0.05) is 13.8 Å². The molecule has 0 aliphatic carbocycles. The molecule has 0 spiro atoms. The number of aliphatic hydroxyl groups is 1. The normalized spacial score (nSPS) is 14.1. The van der Waals surface area contributed by atoms with Gasteiger partial charge in [-0.3, -0.25) is 0 Å². The molecule has 3 N–H and O–H groups in total. The van der Waals surface area contributed by atoms with Crippen LogP contribution < -0.4 is 5.73 Å². The van der Waals surface area contributed by atoms with E-state index in [1.807, 2.05) is 0 Å². The molecule has 0 saturated heterocycles. The van der Waals surface area contributed by atoms with Gasteiger partial charge in [-0.2, -0.15) is 0 Å². The van der Waals surface area contributed by atoms with Gasteiger partial charge in [0.2, 0.25) is 0 Å². The zero-order valence-corrected chi connectivity index (χ0v) is 6.88. The lowest BCUT2D eigenvalue weighted by molar-refractivity contribution is 0.124. The quantitative estimate of drug-likeness (QED) is 0.557. The molecular weight excluding hydrogens is 128 g/mol. The summed E-state index contributed by atoms with van der Waals surface area (Å²) in [5.74, 6) is 0. The molecule has 0 aliphatic heterocycles. The standard InChI is InChI=1S/C7H18N2O/c1-3-9(4-2)6-7(10)5-8/h7,10H,3-6,8H2,1-2H3. The summed E-state index contributed by atoms with van der Waals surface area (Å²) in [7, 11) is 0. The van der Waals surface area contributed by atoms with E-state index in [4.69, 9.17) is 10.8 Å². The molecule has 0 aromatic carbocycles. The summed E-state index contributed by atoms with van der Waals surface area (Å²) in [6, 6.07) is 0. The number of rotatable bonds is 5. The first-order valence-corrected chi connectivity index (χ1v) is 3.85. The molecule has 3 heteroatoms. The molecule has 0 radical (unpaired) electrons. The Hall–Kier alpha value is -0.120. The van der Waals surface area contributed by atoms with Crippen molar-refractivity contribution >= 4 is 0 Å². The summed E-state index contributed by atoms with van der Waals surface area (Å²) in [5, 5.41) is 9.12. The van der Waals surface area contributed by atoms with Crippen LogP contribution in [0.15, 0.2) is 0 Å². The fourth-order valence-corrected chi connectivity index (χ4v) is 0.854. The number of aliphatic hydroxyl groups excluding tert-OH is 1. The number of nitrogens with zero attached hydrogens (tertiary/aromatic N) is 1. The fourth-order valence-electron chi connectivity index (χ4n) is 0.854. The molecule has 0 aromatic rings. The van der Waals surface area contributed by atoms with Crippen molar-refractivity contribution in [2.75, 3.05) is 26.2 Å². The molecule has 0 saturated carbocycles. The largest absolute Gasteiger partial charge is 0.390 e. The number of hydrogen-bond donors (Lipinski definition) is 2. The molecule has 1 atom stereocenters. The highest BCUT2D eigenvalue weighted by atomic mass is 16.3. The maximum atomic E-state index is 9.12. The van der Waals surface area contributed by atoms with Crippen molar-refractivity contribution in [2.45, 2.75) is 20.0 Å². The second kappa shape index (κ2) is 5.65. The molecule has 0 fully saturated rings. The van der Waals surface area contributed by atoms with Crippen LogP contribution in [0.1, 0.15) is 13.8 Å². The van der Waals surface area contributed by atoms with Gasteiger partial charge in [-0.05, 0) is 13.1 Å². The topological polar surface area (TPSA) is 49.5 Å². The molecule has 3 nitrogen and oxygen atoms in total. The first kappa shape index (κ1) is 9.88. The summed E-state index contributed by atoms with van der Waals surface area (Å²) in [4.78, 5) is 2.15. The SMILES string of the molecule is CCN(CC)CC(O)CN. The van der Waals surface area contributed by atoms with E-state index in [0.29, 0.717) is 13.1 Å². The van der Waals surface area contributed by atoms with Crippen molar-refractivity contribution in [2.24, 2.45) is 5.73 Å². The third-order valence-electron chi connectivity index (χ3n) is 1.64. The van der Waals surface area contributed by atoms with Crippen molar-refractivity contribution in [3.63, 3.8) is 0 Å². The summed E-state index contributed by atoms with van der Waals surface area (Å²) in [6.45, 7) is 7.17. The summed E-state index contributed by atoms with van der Waals surface area (Å²) in [6.07, 6.45) is -0.361. The molecule has 0 aliphatic rings. The Morgan fingerprint density at radius 3 is 2.20 bits per heavy atom.